The second-order valence-corrected chi connectivity index (χ2v) is 6.79. The highest BCUT2D eigenvalue weighted by molar-refractivity contribution is 5.27. The Morgan fingerprint density at radius 1 is 1.23 bits per heavy atom. The Morgan fingerprint density at radius 2 is 1.96 bits per heavy atom. The van der Waals surface area contributed by atoms with E-state index in [0.717, 1.165) is 38.8 Å². The van der Waals surface area contributed by atoms with Gasteiger partial charge >= 0.3 is 0 Å². The maximum Gasteiger partial charge on any atom is 0.137 e. The Bertz CT molecular complexity index is 718. The third-order valence-electron chi connectivity index (χ3n) is 5.36. The van der Waals surface area contributed by atoms with Crippen molar-refractivity contribution in [3.63, 3.8) is 0 Å². The summed E-state index contributed by atoms with van der Waals surface area (Å²) < 4.78 is 29.4. The van der Waals surface area contributed by atoms with Gasteiger partial charge in [0.2, 0.25) is 0 Å². The number of nitrogens with zero attached hydrogens (tertiary/aromatic N) is 5. The van der Waals surface area contributed by atoms with Crippen LogP contribution in [-0.4, -0.2) is 68.4 Å². The molecule has 1 saturated heterocycles. The minimum atomic E-state index is -1.57. The molecule has 0 bridgehead atoms. The highest BCUT2D eigenvalue weighted by Gasteiger charge is 2.42. The number of piperazine rings is 1. The quantitative estimate of drug-likeness (QED) is 0.840. The first-order valence-electron chi connectivity index (χ1n) is 8.90. The van der Waals surface area contributed by atoms with Crippen molar-refractivity contribution in [1.82, 2.24) is 24.6 Å². The van der Waals surface area contributed by atoms with E-state index in [2.05, 4.69) is 26.8 Å². The second-order valence-electron chi connectivity index (χ2n) is 6.79. The van der Waals surface area contributed by atoms with Crippen molar-refractivity contribution in [2.75, 3.05) is 32.7 Å². The van der Waals surface area contributed by atoms with E-state index in [1.807, 2.05) is 6.92 Å². The maximum absolute atomic E-state index is 14.5. The lowest BCUT2D eigenvalue weighted by Gasteiger charge is -2.44. The average molecular weight is 365 g/mol. The molecule has 0 radical (unpaired) electrons. The van der Waals surface area contributed by atoms with Gasteiger partial charge in [-0.1, -0.05) is 13.0 Å². The normalized spacial score (nSPS) is 20.0. The van der Waals surface area contributed by atoms with E-state index in [9.17, 15) is 13.9 Å². The molecule has 142 valence electrons. The molecule has 1 N–H and O–H groups in total. The SMILES string of the molecule is CCN1CCN([C@H](C)[C@](O)(Cn2cncn2)c2ccc(F)cc2F)CC1. The predicted molar refractivity (Wildman–Crippen MR) is 93.4 cm³/mol. The predicted octanol–water partition coefficient (Wildman–Crippen LogP) is 1.47. The zero-order valence-corrected chi connectivity index (χ0v) is 15.1. The van der Waals surface area contributed by atoms with Crippen molar-refractivity contribution in [3.8, 4) is 0 Å². The molecule has 6 nitrogen and oxygen atoms in total. The van der Waals surface area contributed by atoms with Crippen LogP contribution in [0.3, 0.4) is 0 Å². The summed E-state index contributed by atoms with van der Waals surface area (Å²) in [6.07, 6.45) is 2.85. The van der Waals surface area contributed by atoms with Gasteiger partial charge in [-0.3, -0.25) is 4.90 Å². The van der Waals surface area contributed by atoms with E-state index in [0.29, 0.717) is 0 Å². The van der Waals surface area contributed by atoms with Crippen molar-refractivity contribution in [1.29, 1.82) is 0 Å². The molecule has 2 heterocycles. The van der Waals surface area contributed by atoms with Crippen LogP contribution < -0.4 is 0 Å². The summed E-state index contributed by atoms with van der Waals surface area (Å²) >= 11 is 0. The fraction of sp³-hybridized carbons (Fsp3) is 0.556. The van der Waals surface area contributed by atoms with Crippen LogP contribution in [0.5, 0.6) is 0 Å². The van der Waals surface area contributed by atoms with Gasteiger partial charge in [0, 0.05) is 43.9 Å². The van der Waals surface area contributed by atoms with E-state index in [-0.39, 0.29) is 18.2 Å². The smallest absolute Gasteiger partial charge is 0.137 e. The monoisotopic (exact) mass is 365 g/mol. The molecule has 0 amide bonds. The van der Waals surface area contributed by atoms with Crippen molar-refractivity contribution in [2.24, 2.45) is 0 Å². The maximum atomic E-state index is 14.5. The highest BCUT2D eigenvalue weighted by atomic mass is 19.1. The van der Waals surface area contributed by atoms with Crippen LogP contribution in [0.15, 0.2) is 30.9 Å². The Morgan fingerprint density at radius 3 is 2.54 bits per heavy atom. The van der Waals surface area contributed by atoms with Crippen LogP contribution >= 0.6 is 0 Å². The Balaban J connectivity index is 1.92. The second kappa shape index (κ2) is 7.77. The Labute approximate surface area is 152 Å². The Hall–Kier alpha value is -1.90. The number of aliphatic hydroxyl groups is 1. The van der Waals surface area contributed by atoms with E-state index in [1.165, 1.54) is 29.5 Å². The largest absolute Gasteiger partial charge is 0.381 e. The molecule has 0 aliphatic carbocycles. The number of halogens is 2. The summed E-state index contributed by atoms with van der Waals surface area (Å²) in [6, 6.07) is 2.92. The van der Waals surface area contributed by atoms with Gasteiger partial charge in [-0.15, -0.1) is 0 Å². The van der Waals surface area contributed by atoms with Crippen molar-refractivity contribution < 1.29 is 13.9 Å². The first kappa shape index (κ1) is 18.9. The van der Waals surface area contributed by atoms with Crippen LogP contribution in [-0.2, 0) is 12.1 Å². The van der Waals surface area contributed by atoms with Crippen LogP contribution in [0, 0.1) is 11.6 Å². The van der Waals surface area contributed by atoms with E-state index < -0.39 is 17.2 Å². The van der Waals surface area contributed by atoms with Gasteiger partial charge in [0.1, 0.15) is 29.9 Å². The molecule has 8 heteroatoms. The molecule has 2 aromatic rings. The fourth-order valence-corrected chi connectivity index (χ4v) is 3.61. The molecule has 26 heavy (non-hydrogen) atoms. The van der Waals surface area contributed by atoms with Gasteiger partial charge in [0.25, 0.3) is 0 Å². The molecule has 1 aliphatic heterocycles. The summed E-state index contributed by atoms with van der Waals surface area (Å²) in [4.78, 5) is 8.37. The van der Waals surface area contributed by atoms with E-state index in [1.54, 1.807) is 0 Å². The summed E-state index contributed by atoms with van der Waals surface area (Å²) in [6.45, 7) is 8.35. The minimum absolute atomic E-state index is 0.0325. The first-order valence-corrected chi connectivity index (χ1v) is 8.90. The van der Waals surface area contributed by atoms with Gasteiger partial charge in [-0.25, -0.2) is 18.4 Å². The van der Waals surface area contributed by atoms with Crippen molar-refractivity contribution >= 4 is 0 Å². The summed E-state index contributed by atoms with van der Waals surface area (Å²) in [5.74, 6) is -1.43. The van der Waals surface area contributed by atoms with Crippen molar-refractivity contribution in [3.05, 3.63) is 48.1 Å². The van der Waals surface area contributed by atoms with Gasteiger partial charge in [0.05, 0.1) is 6.54 Å². The molecule has 1 aliphatic rings. The molecule has 0 spiro atoms. The molecule has 3 rings (SSSR count). The molecule has 2 atom stereocenters. The molecule has 0 saturated carbocycles. The van der Waals surface area contributed by atoms with Crippen LogP contribution in [0.4, 0.5) is 8.78 Å². The molecular weight excluding hydrogens is 340 g/mol. The third-order valence-corrected chi connectivity index (χ3v) is 5.36. The lowest BCUT2D eigenvalue weighted by Crippen LogP contribution is -2.57. The summed E-state index contributed by atoms with van der Waals surface area (Å²) in [5.41, 5.74) is -1.50. The molecular formula is C18H25F2N5O. The van der Waals surface area contributed by atoms with Gasteiger partial charge in [-0.05, 0) is 19.5 Å². The van der Waals surface area contributed by atoms with Crippen LogP contribution in [0.25, 0.3) is 0 Å². The van der Waals surface area contributed by atoms with Crippen LogP contribution in [0.2, 0.25) is 0 Å². The van der Waals surface area contributed by atoms with E-state index >= 15 is 0 Å². The molecule has 0 unspecified atom stereocenters. The molecule has 1 fully saturated rings. The number of hydrogen-bond donors (Lipinski definition) is 1. The zero-order chi connectivity index (χ0) is 18.7. The van der Waals surface area contributed by atoms with Gasteiger partial charge in [-0.2, -0.15) is 5.10 Å². The highest BCUT2D eigenvalue weighted by Crippen LogP contribution is 2.33. The minimum Gasteiger partial charge on any atom is -0.381 e. The lowest BCUT2D eigenvalue weighted by molar-refractivity contribution is -0.0735. The Kier molecular flexibility index (Phi) is 5.64. The van der Waals surface area contributed by atoms with Crippen LogP contribution in [0.1, 0.15) is 19.4 Å². The summed E-state index contributed by atoms with van der Waals surface area (Å²) in [7, 11) is 0. The standard InChI is InChI=1S/C18H25F2N5O/c1-3-23-6-8-24(9-7-23)14(2)18(26,11-25-13-21-12-22-25)16-5-4-15(19)10-17(16)20/h4-5,10,12-14,26H,3,6-9,11H2,1-2H3/t14-,18-/m1/s1. The fourth-order valence-electron chi connectivity index (χ4n) is 3.61. The molecule has 1 aromatic heterocycles. The average Bonchev–Trinajstić information content (AvgIpc) is 3.13. The van der Waals surface area contributed by atoms with E-state index in [4.69, 9.17) is 0 Å². The first-order chi connectivity index (χ1) is 12.4. The zero-order valence-electron chi connectivity index (χ0n) is 15.1. The lowest BCUT2D eigenvalue weighted by atomic mass is 9.85. The third kappa shape index (κ3) is 3.77. The number of aromatic nitrogens is 3. The number of rotatable bonds is 6. The summed E-state index contributed by atoms with van der Waals surface area (Å²) in [5, 5.41) is 15.6. The van der Waals surface area contributed by atoms with Gasteiger partial charge in [0.15, 0.2) is 0 Å². The topological polar surface area (TPSA) is 57.4 Å². The number of benzene rings is 1. The molecule has 1 aromatic carbocycles. The number of hydrogen-bond acceptors (Lipinski definition) is 5. The van der Waals surface area contributed by atoms with Crippen molar-refractivity contribution in [2.45, 2.75) is 32.0 Å². The van der Waals surface area contributed by atoms with Gasteiger partial charge < -0.3 is 10.0 Å². The number of likely N-dealkylation sites (N-methyl/N-ethyl adjacent to an activating group) is 1.